The molecule has 0 bridgehead atoms. The number of hydrogen-bond acceptors (Lipinski definition) is 2. The van der Waals surface area contributed by atoms with Crippen molar-refractivity contribution in [2.75, 3.05) is 0 Å². The van der Waals surface area contributed by atoms with E-state index in [0.29, 0.717) is 6.04 Å². The summed E-state index contributed by atoms with van der Waals surface area (Å²) in [7, 11) is 0. The van der Waals surface area contributed by atoms with Crippen molar-refractivity contribution >= 4 is 0 Å². The minimum atomic E-state index is 0.185. The average Bonchev–Trinajstić information content (AvgIpc) is 2.90. The molecule has 0 aliphatic carbocycles. The fourth-order valence-corrected chi connectivity index (χ4v) is 2.51. The number of benzene rings is 1. The SMILES string of the molecule is CC(CC(C)(C)c1ccccc1)NCc1cn[nH]c1. The van der Waals surface area contributed by atoms with Crippen LogP contribution in [0.4, 0.5) is 0 Å². The standard InChI is InChI=1S/C16H23N3/c1-13(17-10-14-11-18-19-12-14)9-16(2,3)15-7-5-4-6-8-15/h4-8,11-13,17H,9-10H2,1-3H3,(H,18,19). The Bertz CT molecular complexity index is 474. The second-order valence-corrected chi connectivity index (χ2v) is 5.84. The summed E-state index contributed by atoms with van der Waals surface area (Å²) in [4.78, 5) is 0. The largest absolute Gasteiger partial charge is 0.310 e. The Morgan fingerprint density at radius 1 is 1.26 bits per heavy atom. The minimum Gasteiger partial charge on any atom is -0.310 e. The zero-order chi connectivity index (χ0) is 13.7. The van der Waals surface area contributed by atoms with Crippen molar-refractivity contribution in [2.45, 2.75) is 45.2 Å². The molecule has 0 amide bonds. The summed E-state index contributed by atoms with van der Waals surface area (Å²) in [6.07, 6.45) is 4.90. The van der Waals surface area contributed by atoms with Crippen molar-refractivity contribution in [1.82, 2.24) is 15.5 Å². The van der Waals surface area contributed by atoms with Gasteiger partial charge >= 0.3 is 0 Å². The van der Waals surface area contributed by atoms with Crippen LogP contribution in [0.3, 0.4) is 0 Å². The molecule has 1 unspecified atom stereocenters. The smallest absolute Gasteiger partial charge is 0.0532 e. The van der Waals surface area contributed by atoms with Gasteiger partial charge in [-0.1, -0.05) is 44.2 Å². The molecule has 1 heterocycles. The highest BCUT2D eigenvalue weighted by atomic mass is 15.1. The van der Waals surface area contributed by atoms with Gasteiger partial charge in [0.1, 0.15) is 0 Å². The average molecular weight is 257 g/mol. The normalized spacial score (nSPS) is 13.4. The van der Waals surface area contributed by atoms with Crippen molar-refractivity contribution in [1.29, 1.82) is 0 Å². The summed E-state index contributed by atoms with van der Waals surface area (Å²) in [6, 6.07) is 11.2. The molecule has 2 rings (SSSR count). The van der Waals surface area contributed by atoms with Crippen LogP contribution in [0.1, 0.15) is 38.3 Å². The quantitative estimate of drug-likeness (QED) is 0.834. The molecule has 1 aromatic carbocycles. The molecule has 2 aromatic rings. The van der Waals surface area contributed by atoms with E-state index in [1.165, 1.54) is 11.1 Å². The number of aromatic amines is 1. The van der Waals surface area contributed by atoms with Gasteiger partial charge in [-0.2, -0.15) is 5.10 Å². The monoisotopic (exact) mass is 257 g/mol. The topological polar surface area (TPSA) is 40.7 Å². The summed E-state index contributed by atoms with van der Waals surface area (Å²) in [5, 5.41) is 10.3. The molecule has 3 nitrogen and oxygen atoms in total. The van der Waals surface area contributed by atoms with Gasteiger partial charge < -0.3 is 5.32 Å². The number of nitrogens with one attached hydrogen (secondary N) is 2. The molecular formula is C16H23N3. The third kappa shape index (κ3) is 3.93. The molecule has 0 saturated heterocycles. The van der Waals surface area contributed by atoms with Gasteiger partial charge in [-0.3, -0.25) is 5.10 Å². The molecule has 0 radical (unpaired) electrons. The molecular weight excluding hydrogens is 234 g/mol. The van der Waals surface area contributed by atoms with E-state index in [0.717, 1.165) is 13.0 Å². The second kappa shape index (κ2) is 6.02. The fourth-order valence-electron chi connectivity index (χ4n) is 2.51. The maximum absolute atomic E-state index is 3.96. The number of aromatic nitrogens is 2. The van der Waals surface area contributed by atoms with Gasteiger partial charge in [-0.25, -0.2) is 0 Å². The van der Waals surface area contributed by atoms with Gasteiger partial charge in [0, 0.05) is 24.3 Å². The van der Waals surface area contributed by atoms with Gasteiger partial charge in [0.2, 0.25) is 0 Å². The van der Waals surface area contributed by atoms with Gasteiger partial charge in [0.15, 0.2) is 0 Å². The Morgan fingerprint density at radius 2 is 2.00 bits per heavy atom. The van der Waals surface area contributed by atoms with E-state index in [2.05, 4.69) is 66.6 Å². The zero-order valence-corrected chi connectivity index (χ0v) is 12.0. The lowest BCUT2D eigenvalue weighted by Gasteiger charge is -2.29. The molecule has 0 fully saturated rings. The predicted octanol–water partition coefficient (Wildman–Crippen LogP) is 3.26. The Hall–Kier alpha value is -1.61. The Labute approximate surface area is 115 Å². The molecule has 19 heavy (non-hydrogen) atoms. The van der Waals surface area contributed by atoms with Crippen molar-refractivity contribution in [3.8, 4) is 0 Å². The zero-order valence-electron chi connectivity index (χ0n) is 12.0. The number of hydrogen-bond donors (Lipinski definition) is 2. The second-order valence-electron chi connectivity index (χ2n) is 5.84. The lowest BCUT2D eigenvalue weighted by Crippen LogP contribution is -2.32. The van der Waals surface area contributed by atoms with Gasteiger partial charge in [-0.15, -0.1) is 0 Å². The molecule has 2 N–H and O–H groups in total. The molecule has 1 aromatic heterocycles. The van der Waals surface area contributed by atoms with Crippen molar-refractivity contribution in [2.24, 2.45) is 0 Å². The van der Waals surface area contributed by atoms with E-state index in [9.17, 15) is 0 Å². The van der Waals surface area contributed by atoms with Crippen molar-refractivity contribution in [3.05, 3.63) is 53.9 Å². The maximum atomic E-state index is 3.96. The molecule has 102 valence electrons. The van der Waals surface area contributed by atoms with Crippen molar-refractivity contribution in [3.63, 3.8) is 0 Å². The molecule has 3 heteroatoms. The summed E-state index contributed by atoms with van der Waals surface area (Å²) in [6.45, 7) is 7.71. The highest BCUT2D eigenvalue weighted by molar-refractivity contribution is 5.23. The van der Waals surface area contributed by atoms with Crippen LogP contribution in [0, 0.1) is 0 Å². The van der Waals surface area contributed by atoms with Crippen LogP contribution in [-0.2, 0) is 12.0 Å². The van der Waals surface area contributed by atoms with Crippen LogP contribution in [0.15, 0.2) is 42.7 Å². The molecule has 0 spiro atoms. The van der Waals surface area contributed by atoms with Crippen LogP contribution in [-0.4, -0.2) is 16.2 Å². The van der Waals surface area contributed by atoms with E-state index in [-0.39, 0.29) is 5.41 Å². The van der Waals surface area contributed by atoms with E-state index < -0.39 is 0 Å². The third-order valence-electron chi connectivity index (χ3n) is 3.58. The molecule has 0 aliphatic rings. The lowest BCUT2D eigenvalue weighted by molar-refractivity contribution is 0.388. The summed E-state index contributed by atoms with van der Waals surface area (Å²) in [5.41, 5.74) is 2.78. The van der Waals surface area contributed by atoms with E-state index in [4.69, 9.17) is 0 Å². The Balaban J connectivity index is 1.89. The number of H-pyrrole nitrogens is 1. The maximum Gasteiger partial charge on any atom is 0.0532 e. The summed E-state index contributed by atoms with van der Waals surface area (Å²) in [5.74, 6) is 0. The lowest BCUT2D eigenvalue weighted by atomic mass is 9.79. The first-order valence-corrected chi connectivity index (χ1v) is 6.84. The van der Waals surface area contributed by atoms with Gasteiger partial charge in [0.25, 0.3) is 0 Å². The first-order valence-electron chi connectivity index (χ1n) is 6.84. The van der Waals surface area contributed by atoms with Crippen LogP contribution >= 0.6 is 0 Å². The van der Waals surface area contributed by atoms with Crippen molar-refractivity contribution < 1.29 is 0 Å². The van der Waals surface area contributed by atoms with Gasteiger partial charge in [0.05, 0.1) is 6.20 Å². The Morgan fingerprint density at radius 3 is 2.63 bits per heavy atom. The highest BCUT2D eigenvalue weighted by Crippen LogP contribution is 2.28. The van der Waals surface area contributed by atoms with E-state index in [1.807, 2.05) is 12.4 Å². The third-order valence-corrected chi connectivity index (χ3v) is 3.58. The summed E-state index contributed by atoms with van der Waals surface area (Å²) < 4.78 is 0. The predicted molar refractivity (Wildman–Crippen MR) is 79.0 cm³/mol. The van der Waals surface area contributed by atoms with Crippen LogP contribution in [0.2, 0.25) is 0 Å². The van der Waals surface area contributed by atoms with Gasteiger partial charge in [-0.05, 0) is 24.3 Å². The van der Waals surface area contributed by atoms with Crippen LogP contribution in [0.5, 0.6) is 0 Å². The summed E-state index contributed by atoms with van der Waals surface area (Å²) >= 11 is 0. The number of nitrogens with zero attached hydrogens (tertiary/aromatic N) is 1. The first kappa shape index (κ1) is 13.8. The molecule has 0 saturated carbocycles. The Kier molecular flexibility index (Phi) is 4.38. The van der Waals surface area contributed by atoms with E-state index >= 15 is 0 Å². The first-order chi connectivity index (χ1) is 9.08. The molecule has 1 atom stereocenters. The highest BCUT2D eigenvalue weighted by Gasteiger charge is 2.22. The van der Waals surface area contributed by atoms with E-state index in [1.54, 1.807) is 0 Å². The molecule has 0 aliphatic heterocycles. The van der Waals surface area contributed by atoms with Crippen LogP contribution in [0.25, 0.3) is 0 Å². The minimum absolute atomic E-state index is 0.185. The van der Waals surface area contributed by atoms with Crippen LogP contribution < -0.4 is 5.32 Å². The fraction of sp³-hybridized carbons (Fsp3) is 0.438. The number of rotatable bonds is 6.